The number of guanidine groups is 1. The number of aryl methyl sites for hydroxylation is 1. The lowest BCUT2D eigenvalue weighted by molar-refractivity contribution is -0.115. The van der Waals surface area contributed by atoms with Gasteiger partial charge in [-0.1, -0.05) is 29.8 Å². The Bertz CT molecular complexity index is 691. The van der Waals surface area contributed by atoms with Crippen LogP contribution in [-0.2, 0) is 11.3 Å². The van der Waals surface area contributed by atoms with Gasteiger partial charge in [-0.2, -0.15) is 0 Å². The molecule has 0 atom stereocenters. The molecule has 2 rings (SSSR count). The molecule has 0 bridgehead atoms. The number of carbonyl (C=O) groups excluding carboxylic acids is 1. The van der Waals surface area contributed by atoms with Gasteiger partial charge in [0.15, 0.2) is 5.96 Å². The highest BCUT2D eigenvalue weighted by molar-refractivity contribution is 14.0. The first kappa shape index (κ1) is 20.9. The van der Waals surface area contributed by atoms with Crippen molar-refractivity contribution in [2.75, 3.05) is 18.4 Å². The highest BCUT2D eigenvalue weighted by atomic mass is 127. The Morgan fingerprint density at radius 3 is 2.72 bits per heavy atom. The van der Waals surface area contributed by atoms with Crippen molar-refractivity contribution in [3.8, 4) is 0 Å². The second-order valence-corrected chi connectivity index (χ2v) is 5.33. The molecular formula is C18H24IN5O. The van der Waals surface area contributed by atoms with E-state index in [1.807, 2.05) is 19.1 Å². The van der Waals surface area contributed by atoms with Gasteiger partial charge in [0.05, 0.1) is 25.0 Å². The maximum Gasteiger partial charge on any atom is 0.243 e. The Morgan fingerprint density at radius 1 is 1.20 bits per heavy atom. The molecular weight excluding hydrogens is 429 g/mol. The number of aliphatic imine (C=N–C) groups is 1. The Morgan fingerprint density at radius 2 is 2.04 bits per heavy atom. The maximum absolute atomic E-state index is 12.0. The second-order valence-electron chi connectivity index (χ2n) is 5.33. The molecule has 0 aliphatic rings. The standard InChI is InChI=1S/C18H23N5O.HI/c1-3-20-18(21-11-15-7-4-6-14(2)10-15)22-13-17(24)23-16-8-5-9-19-12-16;/h4-10,12H,3,11,13H2,1-2H3,(H,23,24)(H2,20,21,22);1H. The molecule has 1 aromatic carbocycles. The van der Waals surface area contributed by atoms with Gasteiger partial charge in [-0.25, -0.2) is 4.99 Å². The normalized spacial score (nSPS) is 10.6. The van der Waals surface area contributed by atoms with Crippen molar-refractivity contribution < 1.29 is 4.79 Å². The predicted molar refractivity (Wildman–Crippen MR) is 112 cm³/mol. The average molecular weight is 453 g/mol. The van der Waals surface area contributed by atoms with E-state index in [2.05, 4.69) is 45.0 Å². The molecule has 0 radical (unpaired) electrons. The van der Waals surface area contributed by atoms with Crippen molar-refractivity contribution in [1.29, 1.82) is 0 Å². The summed E-state index contributed by atoms with van der Waals surface area (Å²) in [6, 6.07) is 11.8. The van der Waals surface area contributed by atoms with E-state index in [4.69, 9.17) is 0 Å². The number of nitrogens with zero attached hydrogens (tertiary/aromatic N) is 2. The summed E-state index contributed by atoms with van der Waals surface area (Å²) >= 11 is 0. The number of anilines is 1. The minimum absolute atomic E-state index is 0. The van der Waals surface area contributed by atoms with Crippen molar-refractivity contribution in [3.63, 3.8) is 0 Å². The van der Waals surface area contributed by atoms with E-state index in [1.165, 1.54) is 5.56 Å². The summed E-state index contributed by atoms with van der Waals surface area (Å²) in [5.41, 5.74) is 3.01. The summed E-state index contributed by atoms with van der Waals surface area (Å²) in [4.78, 5) is 20.4. The molecule has 0 unspecified atom stereocenters. The Labute approximate surface area is 165 Å². The number of nitrogens with one attached hydrogen (secondary N) is 3. The highest BCUT2D eigenvalue weighted by Gasteiger charge is 2.04. The van der Waals surface area contributed by atoms with Crippen LogP contribution in [0, 0.1) is 6.92 Å². The van der Waals surface area contributed by atoms with Crippen molar-refractivity contribution in [3.05, 3.63) is 59.9 Å². The molecule has 134 valence electrons. The van der Waals surface area contributed by atoms with Crippen molar-refractivity contribution >= 4 is 41.5 Å². The summed E-state index contributed by atoms with van der Waals surface area (Å²) < 4.78 is 0. The topological polar surface area (TPSA) is 78.4 Å². The molecule has 3 N–H and O–H groups in total. The lowest BCUT2D eigenvalue weighted by atomic mass is 10.1. The molecule has 2 aromatic rings. The number of rotatable bonds is 6. The van der Waals surface area contributed by atoms with Gasteiger partial charge in [0, 0.05) is 12.7 Å². The summed E-state index contributed by atoms with van der Waals surface area (Å²) in [6.45, 7) is 5.46. The number of carbonyl (C=O) groups is 1. The van der Waals surface area contributed by atoms with Crippen LogP contribution in [-0.4, -0.2) is 29.9 Å². The molecule has 0 spiro atoms. The fourth-order valence-corrected chi connectivity index (χ4v) is 2.13. The number of aromatic nitrogens is 1. The summed E-state index contributed by atoms with van der Waals surface area (Å²) in [5, 5.41) is 8.94. The zero-order valence-electron chi connectivity index (χ0n) is 14.5. The van der Waals surface area contributed by atoms with E-state index in [0.29, 0.717) is 18.2 Å². The summed E-state index contributed by atoms with van der Waals surface area (Å²) in [5.74, 6) is 0.463. The van der Waals surface area contributed by atoms with Gasteiger partial charge in [0.2, 0.25) is 5.91 Å². The van der Waals surface area contributed by atoms with Crippen LogP contribution in [0.15, 0.2) is 53.8 Å². The first-order valence-electron chi connectivity index (χ1n) is 7.95. The number of pyridine rings is 1. The van der Waals surface area contributed by atoms with Gasteiger partial charge >= 0.3 is 0 Å². The first-order chi connectivity index (χ1) is 11.7. The predicted octanol–water partition coefficient (Wildman–Crippen LogP) is 2.70. The zero-order chi connectivity index (χ0) is 17.2. The zero-order valence-corrected chi connectivity index (χ0v) is 16.8. The number of amides is 1. The Kier molecular flexibility index (Phi) is 9.53. The lowest BCUT2D eigenvalue weighted by Gasteiger charge is -2.11. The van der Waals surface area contributed by atoms with Crippen LogP contribution < -0.4 is 16.0 Å². The highest BCUT2D eigenvalue weighted by Crippen LogP contribution is 2.05. The van der Waals surface area contributed by atoms with Gasteiger partial charge in [-0.15, -0.1) is 24.0 Å². The Hall–Kier alpha value is -2.16. The van der Waals surface area contributed by atoms with Gasteiger partial charge in [0.25, 0.3) is 0 Å². The molecule has 6 nitrogen and oxygen atoms in total. The van der Waals surface area contributed by atoms with Crippen molar-refractivity contribution in [1.82, 2.24) is 15.6 Å². The van der Waals surface area contributed by atoms with Gasteiger partial charge in [-0.05, 0) is 31.5 Å². The third kappa shape index (κ3) is 7.97. The Balaban J connectivity index is 0.00000312. The lowest BCUT2D eigenvalue weighted by Crippen LogP contribution is -2.41. The summed E-state index contributed by atoms with van der Waals surface area (Å²) in [7, 11) is 0. The second kappa shape index (κ2) is 11.4. The van der Waals surface area contributed by atoms with E-state index in [1.54, 1.807) is 24.5 Å². The van der Waals surface area contributed by atoms with Crippen LogP contribution in [0.4, 0.5) is 5.69 Å². The molecule has 0 fully saturated rings. The third-order valence-corrected chi connectivity index (χ3v) is 3.21. The van der Waals surface area contributed by atoms with E-state index in [0.717, 1.165) is 12.1 Å². The van der Waals surface area contributed by atoms with E-state index >= 15 is 0 Å². The minimum atomic E-state index is -0.149. The van der Waals surface area contributed by atoms with Crippen LogP contribution in [0.1, 0.15) is 18.1 Å². The van der Waals surface area contributed by atoms with E-state index < -0.39 is 0 Å². The maximum atomic E-state index is 12.0. The van der Waals surface area contributed by atoms with Gasteiger partial charge in [-0.3, -0.25) is 9.78 Å². The van der Waals surface area contributed by atoms with Gasteiger partial charge < -0.3 is 16.0 Å². The molecule has 25 heavy (non-hydrogen) atoms. The molecule has 7 heteroatoms. The molecule has 1 aromatic heterocycles. The van der Waals surface area contributed by atoms with Crippen molar-refractivity contribution in [2.45, 2.75) is 20.4 Å². The van der Waals surface area contributed by atoms with Crippen LogP contribution in [0.3, 0.4) is 0 Å². The number of halogens is 1. The van der Waals surface area contributed by atoms with Crippen LogP contribution in [0.25, 0.3) is 0 Å². The molecule has 0 aliphatic carbocycles. The van der Waals surface area contributed by atoms with Crippen LogP contribution >= 0.6 is 24.0 Å². The van der Waals surface area contributed by atoms with E-state index in [9.17, 15) is 4.79 Å². The smallest absolute Gasteiger partial charge is 0.243 e. The molecule has 1 amide bonds. The third-order valence-electron chi connectivity index (χ3n) is 3.21. The largest absolute Gasteiger partial charge is 0.357 e. The molecule has 0 aliphatic heterocycles. The number of benzene rings is 1. The van der Waals surface area contributed by atoms with Crippen molar-refractivity contribution in [2.24, 2.45) is 4.99 Å². The quantitative estimate of drug-likeness (QED) is 0.357. The monoisotopic (exact) mass is 453 g/mol. The SMILES string of the molecule is CCNC(=NCc1cccc(C)c1)NCC(=O)Nc1cccnc1.I. The van der Waals surface area contributed by atoms with Crippen LogP contribution in [0.5, 0.6) is 0 Å². The average Bonchev–Trinajstić information content (AvgIpc) is 2.58. The summed E-state index contributed by atoms with van der Waals surface area (Å²) in [6.07, 6.45) is 3.27. The van der Waals surface area contributed by atoms with Gasteiger partial charge in [0.1, 0.15) is 0 Å². The van der Waals surface area contributed by atoms with Crippen LogP contribution in [0.2, 0.25) is 0 Å². The molecule has 0 saturated heterocycles. The fraction of sp³-hybridized carbons (Fsp3) is 0.278. The fourth-order valence-electron chi connectivity index (χ4n) is 2.13. The van der Waals surface area contributed by atoms with E-state index in [-0.39, 0.29) is 36.4 Å². The first-order valence-corrected chi connectivity index (χ1v) is 7.95. The molecule has 1 heterocycles. The number of hydrogen-bond donors (Lipinski definition) is 3. The number of hydrogen-bond acceptors (Lipinski definition) is 3. The minimum Gasteiger partial charge on any atom is -0.357 e. The molecule has 0 saturated carbocycles.